The van der Waals surface area contributed by atoms with Crippen molar-refractivity contribution in [3.63, 3.8) is 0 Å². The molecule has 1 saturated heterocycles. The predicted octanol–water partition coefficient (Wildman–Crippen LogP) is 1.94. The fourth-order valence-electron chi connectivity index (χ4n) is 2.70. The summed E-state index contributed by atoms with van der Waals surface area (Å²) in [6, 6.07) is 6.64. The zero-order valence-electron chi connectivity index (χ0n) is 13.7. The molecule has 118 valence electrons. The van der Waals surface area contributed by atoms with E-state index in [4.69, 9.17) is 4.74 Å². The van der Waals surface area contributed by atoms with E-state index in [2.05, 4.69) is 47.3 Å². The third kappa shape index (κ3) is 4.99. The van der Waals surface area contributed by atoms with Gasteiger partial charge in [0.2, 0.25) is 0 Å². The van der Waals surface area contributed by atoms with E-state index in [1.54, 1.807) is 7.11 Å². The molecule has 4 nitrogen and oxygen atoms in total. The summed E-state index contributed by atoms with van der Waals surface area (Å²) in [7, 11) is 3.96. The Morgan fingerprint density at radius 2 is 1.95 bits per heavy atom. The van der Waals surface area contributed by atoms with Gasteiger partial charge in [-0.05, 0) is 31.6 Å². The molecule has 4 heteroatoms. The summed E-state index contributed by atoms with van der Waals surface area (Å²) in [5, 5.41) is 3.44. The maximum Gasteiger partial charge on any atom is 0.123 e. The van der Waals surface area contributed by atoms with Crippen molar-refractivity contribution in [3.8, 4) is 5.75 Å². The number of hydrogen-bond acceptors (Lipinski definition) is 4. The first-order chi connectivity index (χ1) is 10.2. The van der Waals surface area contributed by atoms with E-state index in [1.807, 2.05) is 0 Å². The second-order valence-corrected chi connectivity index (χ2v) is 5.90. The van der Waals surface area contributed by atoms with Crippen LogP contribution in [0.15, 0.2) is 18.2 Å². The topological polar surface area (TPSA) is 27.7 Å². The van der Waals surface area contributed by atoms with E-state index >= 15 is 0 Å². The molecule has 0 unspecified atom stereocenters. The molecule has 0 saturated carbocycles. The first-order valence-electron chi connectivity index (χ1n) is 8.00. The molecule has 2 rings (SSSR count). The van der Waals surface area contributed by atoms with E-state index in [9.17, 15) is 0 Å². The summed E-state index contributed by atoms with van der Waals surface area (Å²) in [6.07, 6.45) is 1.16. The lowest BCUT2D eigenvalue weighted by molar-refractivity contribution is 0.148. The smallest absolute Gasteiger partial charge is 0.123 e. The van der Waals surface area contributed by atoms with Crippen LogP contribution >= 0.6 is 0 Å². The van der Waals surface area contributed by atoms with Crippen LogP contribution in [-0.4, -0.2) is 56.7 Å². The number of nitrogens with zero attached hydrogens (tertiary/aromatic N) is 2. The lowest BCUT2D eigenvalue weighted by Crippen LogP contribution is -2.43. The van der Waals surface area contributed by atoms with Crippen molar-refractivity contribution in [2.45, 2.75) is 26.4 Å². The number of likely N-dealkylation sites (N-methyl/N-ethyl adjacent to an activating group) is 1. The highest BCUT2D eigenvalue weighted by atomic mass is 16.5. The fraction of sp³-hybridized carbons (Fsp3) is 0.647. The predicted molar refractivity (Wildman–Crippen MR) is 87.8 cm³/mol. The van der Waals surface area contributed by atoms with Crippen LogP contribution in [0.5, 0.6) is 5.75 Å². The highest BCUT2D eigenvalue weighted by molar-refractivity contribution is 5.37. The van der Waals surface area contributed by atoms with E-state index in [0.29, 0.717) is 0 Å². The molecule has 1 N–H and O–H groups in total. The van der Waals surface area contributed by atoms with Gasteiger partial charge >= 0.3 is 0 Å². The minimum atomic E-state index is 0.881. The van der Waals surface area contributed by atoms with Crippen LogP contribution in [0.4, 0.5) is 0 Å². The Bertz CT molecular complexity index is 428. The van der Waals surface area contributed by atoms with Gasteiger partial charge in [0.1, 0.15) is 5.75 Å². The maximum absolute atomic E-state index is 5.56. The number of nitrogens with one attached hydrogen (secondary N) is 1. The summed E-state index contributed by atoms with van der Waals surface area (Å²) in [6.45, 7) is 9.76. The summed E-state index contributed by atoms with van der Waals surface area (Å²) < 4.78 is 5.56. The quantitative estimate of drug-likeness (QED) is 0.777. The van der Waals surface area contributed by atoms with Crippen molar-refractivity contribution in [2.75, 3.05) is 46.9 Å². The largest absolute Gasteiger partial charge is 0.496 e. The molecule has 1 fully saturated rings. The van der Waals surface area contributed by atoms with Gasteiger partial charge in [-0.3, -0.25) is 4.90 Å². The van der Waals surface area contributed by atoms with Crippen LogP contribution < -0.4 is 10.1 Å². The molecule has 0 aliphatic carbocycles. The Hall–Kier alpha value is -1.10. The maximum atomic E-state index is 5.56. The molecule has 1 aliphatic heterocycles. The zero-order valence-corrected chi connectivity index (χ0v) is 13.7. The molecule has 1 heterocycles. The van der Waals surface area contributed by atoms with Gasteiger partial charge in [0, 0.05) is 44.8 Å². The van der Waals surface area contributed by atoms with E-state index < -0.39 is 0 Å². The summed E-state index contributed by atoms with van der Waals surface area (Å²) in [5.41, 5.74) is 2.59. The third-order valence-corrected chi connectivity index (χ3v) is 4.10. The minimum absolute atomic E-state index is 0.881. The lowest BCUT2D eigenvalue weighted by Gasteiger charge is -2.32. The zero-order chi connectivity index (χ0) is 15.1. The monoisotopic (exact) mass is 291 g/mol. The summed E-state index contributed by atoms with van der Waals surface area (Å²) in [4.78, 5) is 4.91. The number of methoxy groups -OCH3 is 1. The molecule has 21 heavy (non-hydrogen) atoms. The Balaban J connectivity index is 1.94. The highest BCUT2D eigenvalue weighted by Gasteiger charge is 2.14. The Morgan fingerprint density at radius 1 is 1.19 bits per heavy atom. The number of hydrogen-bond donors (Lipinski definition) is 1. The average Bonchev–Trinajstić information content (AvgIpc) is 2.51. The first-order valence-corrected chi connectivity index (χ1v) is 8.00. The molecular weight excluding hydrogens is 262 g/mol. The molecule has 1 aromatic rings. The first kappa shape index (κ1) is 16.3. The second kappa shape index (κ2) is 8.37. The van der Waals surface area contributed by atoms with Gasteiger partial charge in [0.15, 0.2) is 0 Å². The molecule has 0 radical (unpaired) electrons. The summed E-state index contributed by atoms with van der Waals surface area (Å²) in [5.74, 6) is 1.00. The number of ether oxygens (including phenoxy) is 1. The van der Waals surface area contributed by atoms with Crippen LogP contribution in [0.25, 0.3) is 0 Å². The van der Waals surface area contributed by atoms with Crippen LogP contribution in [0, 0.1) is 0 Å². The molecule has 0 amide bonds. The van der Waals surface area contributed by atoms with Crippen LogP contribution in [0.1, 0.15) is 24.5 Å². The van der Waals surface area contributed by atoms with Gasteiger partial charge in [-0.1, -0.05) is 19.1 Å². The van der Waals surface area contributed by atoms with Gasteiger partial charge < -0.3 is 15.0 Å². The normalized spacial score (nSPS) is 17.1. The van der Waals surface area contributed by atoms with Gasteiger partial charge in [0.25, 0.3) is 0 Å². The molecule has 0 aromatic heterocycles. The SMILES string of the molecule is CCCNCc1ccc(CN2CCN(C)CC2)cc1OC. The lowest BCUT2D eigenvalue weighted by atomic mass is 10.1. The minimum Gasteiger partial charge on any atom is -0.496 e. The molecule has 0 bridgehead atoms. The van der Waals surface area contributed by atoms with Crippen LogP contribution in [0.3, 0.4) is 0 Å². The van der Waals surface area contributed by atoms with Gasteiger partial charge in [-0.2, -0.15) is 0 Å². The van der Waals surface area contributed by atoms with Crippen molar-refractivity contribution in [1.29, 1.82) is 0 Å². The second-order valence-electron chi connectivity index (χ2n) is 5.90. The fourth-order valence-corrected chi connectivity index (χ4v) is 2.70. The summed E-state index contributed by atoms with van der Waals surface area (Å²) >= 11 is 0. The van der Waals surface area contributed by atoms with Gasteiger partial charge in [0.05, 0.1) is 7.11 Å². The Morgan fingerprint density at radius 3 is 2.62 bits per heavy atom. The molecule has 1 aliphatic rings. The average molecular weight is 291 g/mol. The molecular formula is C17H29N3O. The standard InChI is InChI=1S/C17H29N3O/c1-4-7-18-13-16-6-5-15(12-17(16)21-3)14-20-10-8-19(2)9-11-20/h5-6,12,18H,4,7-11,13-14H2,1-3H3. The van der Waals surface area contributed by atoms with Gasteiger partial charge in [-0.25, -0.2) is 0 Å². The Labute approximate surface area is 129 Å². The van der Waals surface area contributed by atoms with E-state index in [0.717, 1.165) is 58.0 Å². The van der Waals surface area contributed by atoms with E-state index in [1.165, 1.54) is 11.1 Å². The molecule has 0 atom stereocenters. The molecule has 0 spiro atoms. The Kier molecular flexibility index (Phi) is 6.49. The van der Waals surface area contributed by atoms with Crippen molar-refractivity contribution in [3.05, 3.63) is 29.3 Å². The van der Waals surface area contributed by atoms with Gasteiger partial charge in [-0.15, -0.1) is 0 Å². The third-order valence-electron chi connectivity index (χ3n) is 4.10. The van der Waals surface area contributed by atoms with Crippen molar-refractivity contribution >= 4 is 0 Å². The highest BCUT2D eigenvalue weighted by Crippen LogP contribution is 2.21. The van der Waals surface area contributed by atoms with Crippen LogP contribution in [0.2, 0.25) is 0 Å². The van der Waals surface area contributed by atoms with Crippen molar-refractivity contribution in [2.24, 2.45) is 0 Å². The van der Waals surface area contributed by atoms with E-state index in [-0.39, 0.29) is 0 Å². The number of piperazine rings is 1. The number of rotatable bonds is 7. The molecule has 1 aromatic carbocycles. The van der Waals surface area contributed by atoms with Crippen LogP contribution in [-0.2, 0) is 13.1 Å². The van der Waals surface area contributed by atoms with Crippen molar-refractivity contribution in [1.82, 2.24) is 15.1 Å². The van der Waals surface area contributed by atoms with Crippen molar-refractivity contribution < 1.29 is 4.74 Å². The number of benzene rings is 1.